The fourth-order valence-corrected chi connectivity index (χ4v) is 6.20. The lowest BCUT2D eigenvalue weighted by atomic mass is 9.80. The number of fused-ring (bicyclic) bond motifs is 4. The Kier molecular flexibility index (Phi) is 5.67. The lowest BCUT2D eigenvalue weighted by molar-refractivity contribution is -0.137. The smallest absolute Gasteiger partial charge is 0.388 e. The monoisotopic (exact) mass is 490 g/mol. The maximum absolute atomic E-state index is 13.6. The summed E-state index contributed by atoms with van der Waals surface area (Å²) >= 11 is 0. The van der Waals surface area contributed by atoms with Crippen molar-refractivity contribution in [2.45, 2.75) is 57.9 Å². The Morgan fingerprint density at radius 3 is 2.47 bits per heavy atom. The van der Waals surface area contributed by atoms with Gasteiger partial charge < -0.3 is 10.0 Å². The molecular weight excluding hydrogens is 461 g/mol. The summed E-state index contributed by atoms with van der Waals surface area (Å²) in [5, 5.41) is 11.8. The van der Waals surface area contributed by atoms with Crippen molar-refractivity contribution in [1.29, 1.82) is 0 Å². The molecule has 36 heavy (non-hydrogen) atoms. The molecule has 6 rings (SSSR count). The third-order valence-electron chi connectivity index (χ3n) is 8.04. The third kappa shape index (κ3) is 3.92. The van der Waals surface area contributed by atoms with Crippen molar-refractivity contribution in [1.82, 2.24) is 9.88 Å². The lowest BCUT2D eigenvalue weighted by Gasteiger charge is -2.33. The van der Waals surface area contributed by atoms with Gasteiger partial charge in [-0.1, -0.05) is 49.6 Å². The Balaban J connectivity index is 1.52. The van der Waals surface area contributed by atoms with Crippen LogP contribution in [0, 0.1) is 5.92 Å². The highest BCUT2D eigenvalue weighted by atomic mass is 19.4. The molecule has 3 heterocycles. The molecular formula is C30H29F3N2O. The highest BCUT2D eigenvalue weighted by Gasteiger charge is 2.36. The predicted molar refractivity (Wildman–Crippen MR) is 136 cm³/mol. The molecule has 2 aliphatic heterocycles. The molecule has 1 saturated carbocycles. The molecule has 0 radical (unpaired) electrons. The van der Waals surface area contributed by atoms with Gasteiger partial charge >= 0.3 is 6.18 Å². The van der Waals surface area contributed by atoms with Gasteiger partial charge in [0.05, 0.1) is 28.6 Å². The molecule has 2 aromatic carbocycles. The number of hydrogen-bond donors (Lipinski definition) is 1. The first-order chi connectivity index (χ1) is 17.3. The number of pyridine rings is 1. The van der Waals surface area contributed by atoms with Crippen LogP contribution < -0.4 is 0 Å². The Morgan fingerprint density at radius 2 is 1.75 bits per heavy atom. The molecule has 3 aromatic rings. The second kappa shape index (κ2) is 8.77. The van der Waals surface area contributed by atoms with Gasteiger partial charge in [0.15, 0.2) is 0 Å². The maximum Gasteiger partial charge on any atom is 0.416 e. The summed E-state index contributed by atoms with van der Waals surface area (Å²) in [6, 6.07) is 13.5. The first-order valence-corrected chi connectivity index (χ1v) is 12.8. The molecule has 1 unspecified atom stereocenters. The summed E-state index contributed by atoms with van der Waals surface area (Å²) in [7, 11) is 0. The largest absolute Gasteiger partial charge is 0.416 e. The number of benzene rings is 2. The zero-order valence-corrected chi connectivity index (χ0v) is 20.3. The Bertz CT molecular complexity index is 1380. The van der Waals surface area contributed by atoms with Crippen molar-refractivity contribution < 1.29 is 18.3 Å². The first kappa shape index (κ1) is 23.3. The van der Waals surface area contributed by atoms with E-state index in [9.17, 15) is 18.3 Å². The molecule has 3 nitrogen and oxygen atoms in total. The molecule has 1 fully saturated rings. The first-order valence-electron chi connectivity index (χ1n) is 12.8. The van der Waals surface area contributed by atoms with Crippen LogP contribution in [0.4, 0.5) is 13.2 Å². The van der Waals surface area contributed by atoms with Gasteiger partial charge in [-0.2, -0.15) is 13.2 Å². The minimum Gasteiger partial charge on any atom is -0.388 e. The summed E-state index contributed by atoms with van der Waals surface area (Å²) in [4.78, 5) is 7.14. The number of aromatic nitrogens is 1. The highest BCUT2D eigenvalue weighted by Crippen LogP contribution is 2.45. The van der Waals surface area contributed by atoms with Crippen molar-refractivity contribution in [2.75, 3.05) is 6.54 Å². The molecule has 3 aliphatic rings. The Hall–Kier alpha value is -3.12. The summed E-state index contributed by atoms with van der Waals surface area (Å²) < 4.78 is 40.8. The fourth-order valence-electron chi connectivity index (χ4n) is 6.20. The number of aliphatic hydroxyl groups is 1. The van der Waals surface area contributed by atoms with Gasteiger partial charge in [0.2, 0.25) is 0 Å². The number of rotatable bonds is 3. The summed E-state index contributed by atoms with van der Waals surface area (Å²) in [5.74, 6) is 0.276. The van der Waals surface area contributed by atoms with Gasteiger partial charge in [-0.15, -0.1) is 0 Å². The molecule has 1 atom stereocenters. The van der Waals surface area contributed by atoms with Crippen LogP contribution in [0.1, 0.15) is 55.8 Å². The normalized spacial score (nSPS) is 19.4. The van der Waals surface area contributed by atoms with Gasteiger partial charge in [0.25, 0.3) is 0 Å². The van der Waals surface area contributed by atoms with Crippen molar-refractivity contribution in [2.24, 2.45) is 5.92 Å². The fraction of sp³-hybridized carbons (Fsp3) is 0.367. The van der Waals surface area contributed by atoms with Gasteiger partial charge in [0, 0.05) is 24.0 Å². The average molecular weight is 491 g/mol. The van der Waals surface area contributed by atoms with Crippen molar-refractivity contribution in [3.05, 3.63) is 82.6 Å². The maximum atomic E-state index is 13.6. The van der Waals surface area contributed by atoms with Crippen molar-refractivity contribution in [3.63, 3.8) is 0 Å². The van der Waals surface area contributed by atoms with E-state index in [0.717, 1.165) is 71.0 Å². The molecule has 1 aliphatic carbocycles. The van der Waals surface area contributed by atoms with Crippen LogP contribution in [0.5, 0.6) is 0 Å². The molecule has 0 bridgehead atoms. The minimum absolute atomic E-state index is 0.276. The van der Waals surface area contributed by atoms with Gasteiger partial charge in [-0.05, 0) is 72.2 Å². The Labute approximate surface area is 209 Å². The Morgan fingerprint density at radius 1 is 1.00 bits per heavy atom. The zero-order chi connectivity index (χ0) is 25.0. The number of hydrogen-bond acceptors (Lipinski definition) is 3. The van der Waals surface area contributed by atoms with Crippen LogP contribution in [0.15, 0.2) is 65.8 Å². The van der Waals surface area contributed by atoms with E-state index in [1.807, 2.05) is 30.3 Å². The van der Waals surface area contributed by atoms with Gasteiger partial charge in [0.1, 0.15) is 0 Å². The number of nitrogens with zero attached hydrogens (tertiary/aromatic N) is 2. The topological polar surface area (TPSA) is 36.4 Å². The quantitative estimate of drug-likeness (QED) is 0.417. The van der Waals surface area contributed by atoms with Crippen LogP contribution in [0.25, 0.3) is 27.7 Å². The number of halogens is 3. The molecule has 0 saturated heterocycles. The molecule has 0 spiro atoms. The van der Waals surface area contributed by atoms with E-state index < -0.39 is 17.8 Å². The van der Waals surface area contributed by atoms with Gasteiger partial charge in [-0.3, -0.25) is 0 Å². The SMILES string of the molecule is CC1=C(C(O)C2CCCCC2)C=C2c3nc4ccc(C(F)(F)F)cc4c(-c4ccccc4)c3CN2C1. The lowest BCUT2D eigenvalue weighted by Crippen LogP contribution is -2.30. The molecule has 1 aromatic heterocycles. The van der Waals surface area contributed by atoms with Gasteiger partial charge in [-0.25, -0.2) is 4.98 Å². The second-order valence-electron chi connectivity index (χ2n) is 10.4. The van der Waals surface area contributed by atoms with E-state index in [-0.39, 0.29) is 5.92 Å². The van der Waals surface area contributed by atoms with E-state index >= 15 is 0 Å². The summed E-state index contributed by atoms with van der Waals surface area (Å²) in [5.41, 5.74) is 6.41. The van der Waals surface area contributed by atoms with Crippen LogP contribution in [-0.2, 0) is 12.7 Å². The standard InChI is InChI=1S/C30H29F3N2O/c1-18-16-35-17-24-27(19-8-4-2-5-9-19)23-14-21(30(31,32)33)12-13-25(23)34-28(24)26(35)15-22(18)29(36)20-10-6-3-7-11-20/h2,4-5,8-9,12-15,20,29,36H,3,6-7,10-11,16-17H2,1H3. The van der Waals surface area contributed by atoms with Crippen molar-refractivity contribution in [3.8, 4) is 11.1 Å². The van der Waals surface area contributed by atoms with E-state index in [1.54, 1.807) is 0 Å². The molecule has 0 amide bonds. The van der Waals surface area contributed by atoms with E-state index in [2.05, 4.69) is 17.9 Å². The van der Waals surface area contributed by atoms with E-state index in [4.69, 9.17) is 4.98 Å². The van der Waals surface area contributed by atoms with E-state index in [1.165, 1.54) is 18.6 Å². The van der Waals surface area contributed by atoms with Crippen LogP contribution in [-0.4, -0.2) is 27.6 Å². The van der Waals surface area contributed by atoms with Crippen LogP contribution >= 0.6 is 0 Å². The highest BCUT2D eigenvalue weighted by molar-refractivity contribution is 5.99. The zero-order valence-electron chi connectivity index (χ0n) is 20.3. The van der Waals surface area contributed by atoms with Crippen LogP contribution in [0.2, 0.25) is 0 Å². The average Bonchev–Trinajstić information content (AvgIpc) is 3.23. The van der Waals surface area contributed by atoms with E-state index in [0.29, 0.717) is 24.0 Å². The number of aliphatic hydroxyl groups excluding tert-OH is 1. The molecule has 1 N–H and O–H groups in total. The minimum atomic E-state index is -4.42. The van der Waals surface area contributed by atoms with Crippen molar-refractivity contribution >= 4 is 16.6 Å². The number of alkyl halides is 3. The summed E-state index contributed by atoms with van der Waals surface area (Å²) in [6.07, 6.45) is 2.81. The second-order valence-corrected chi connectivity index (χ2v) is 10.4. The molecule has 186 valence electrons. The molecule has 6 heteroatoms. The third-order valence-corrected chi connectivity index (χ3v) is 8.04. The van der Waals surface area contributed by atoms with Crippen LogP contribution in [0.3, 0.4) is 0 Å². The summed E-state index contributed by atoms with van der Waals surface area (Å²) in [6.45, 7) is 3.34. The predicted octanol–water partition coefficient (Wildman–Crippen LogP) is 7.35.